The number of nitrogens with two attached hydrogens (primary N) is 1. The Labute approximate surface area is 107 Å². The standard InChI is InChI=1S/C13H21NO2S/c1-7(2)6-9-10(13(15)16-5)12(14)17-11(9)8(3)4/h7-8H,6,14H2,1-5H3. The number of thiophene rings is 1. The van der Waals surface area contributed by atoms with Crippen LogP contribution >= 0.6 is 11.3 Å². The fourth-order valence-electron chi connectivity index (χ4n) is 1.91. The predicted octanol–water partition coefficient (Wildman–Crippen LogP) is 3.44. The number of nitrogen functional groups attached to an aromatic ring is 1. The van der Waals surface area contributed by atoms with Crippen LogP contribution in [0.5, 0.6) is 0 Å². The van der Waals surface area contributed by atoms with E-state index in [1.54, 1.807) is 0 Å². The van der Waals surface area contributed by atoms with Gasteiger partial charge in [-0.2, -0.15) is 0 Å². The van der Waals surface area contributed by atoms with E-state index in [1.807, 2.05) is 0 Å². The monoisotopic (exact) mass is 255 g/mol. The minimum Gasteiger partial charge on any atom is -0.465 e. The molecule has 0 aliphatic heterocycles. The van der Waals surface area contributed by atoms with Crippen LogP contribution in [0, 0.1) is 5.92 Å². The Morgan fingerprint density at radius 1 is 1.35 bits per heavy atom. The molecule has 0 aliphatic carbocycles. The van der Waals surface area contributed by atoms with Crippen molar-refractivity contribution in [3.63, 3.8) is 0 Å². The number of carbonyl (C=O) groups is 1. The van der Waals surface area contributed by atoms with Crippen LogP contribution in [-0.2, 0) is 11.2 Å². The zero-order valence-corrected chi connectivity index (χ0v) is 12.0. The molecule has 0 amide bonds. The second-order valence-corrected chi connectivity index (χ2v) is 6.01. The van der Waals surface area contributed by atoms with Crippen LogP contribution in [0.15, 0.2) is 0 Å². The fraction of sp³-hybridized carbons (Fsp3) is 0.615. The van der Waals surface area contributed by atoms with E-state index in [-0.39, 0.29) is 5.97 Å². The molecular formula is C13H21NO2S. The summed E-state index contributed by atoms with van der Waals surface area (Å²) in [4.78, 5) is 13.0. The Morgan fingerprint density at radius 2 is 1.94 bits per heavy atom. The second kappa shape index (κ2) is 5.54. The van der Waals surface area contributed by atoms with Gasteiger partial charge in [0.1, 0.15) is 5.00 Å². The molecule has 1 rings (SSSR count). The minimum absolute atomic E-state index is 0.318. The largest absolute Gasteiger partial charge is 0.465 e. The van der Waals surface area contributed by atoms with E-state index in [0.29, 0.717) is 22.4 Å². The highest BCUT2D eigenvalue weighted by molar-refractivity contribution is 7.16. The Hall–Kier alpha value is -1.03. The van der Waals surface area contributed by atoms with Crippen LogP contribution in [0.3, 0.4) is 0 Å². The van der Waals surface area contributed by atoms with Gasteiger partial charge in [0.05, 0.1) is 12.7 Å². The number of carbonyl (C=O) groups excluding carboxylic acids is 1. The third-order valence-corrected chi connectivity index (χ3v) is 3.95. The minimum atomic E-state index is -0.318. The molecule has 3 nitrogen and oxygen atoms in total. The molecule has 17 heavy (non-hydrogen) atoms. The van der Waals surface area contributed by atoms with Gasteiger partial charge in [-0.25, -0.2) is 4.79 Å². The smallest absolute Gasteiger partial charge is 0.341 e. The van der Waals surface area contributed by atoms with Crippen molar-refractivity contribution >= 4 is 22.3 Å². The molecule has 4 heteroatoms. The van der Waals surface area contributed by atoms with Crippen LogP contribution in [0.4, 0.5) is 5.00 Å². The molecule has 0 saturated heterocycles. The molecule has 1 aromatic rings. The molecule has 0 atom stereocenters. The number of hydrogen-bond donors (Lipinski definition) is 1. The van der Waals surface area contributed by atoms with Crippen molar-refractivity contribution in [1.82, 2.24) is 0 Å². The van der Waals surface area contributed by atoms with E-state index >= 15 is 0 Å². The van der Waals surface area contributed by atoms with Gasteiger partial charge in [-0.15, -0.1) is 11.3 Å². The molecule has 1 heterocycles. The highest BCUT2D eigenvalue weighted by Crippen LogP contribution is 2.37. The van der Waals surface area contributed by atoms with Crippen molar-refractivity contribution in [2.75, 3.05) is 12.8 Å². The van der Waals surface area contributed by atoms with Crippen molar-refractivity contribution in [2.24, 2.45) is 5.92 Å². The summed E-state index contributed by atoms with van der Waals surface area (Å²) in [6.45, 7) is 8.52. The first-order chi connectivity index (χ1) is 7.88. The van der Waals surface area contributed by atoms with Crippen LogP contribution in [0.2, 0.25) is 0 Å². The Kier molecular flexibility index (Phi) is 4.57. The van der Waals surface area contributed by atoms with Crippen LogP contribution in [0.1, 0.15) is 54.4 Å². The van der Waals surface area contributed by atoms with Crippen molar-refractivity contribution < 1.29 is 9.53 Å². The number of methoxy groups -OCH3 is 1. The lowest BCUT2D eigenvalue weighted by molar-refractivity contribution is 0.0601. The Morgan fingerprint density at radius 3 is 2.35 bits per heavy atom. The highest BCUT2D eigenvalue weighted by atomic mass is 32.1. The normalized spacial score (nSPS) is 11.2. The molecule has 0 unspecified atom stereocenters. The molecule has 1 aromatic heterocycles. The summed E-state index contributed by atoms with van der Waals surface area (Å²) in [5, 5.41) is 0.580. The number of hydrogen-bond acceptors (Lipinski definition) is 4. The molecule has 0 bridgehead atoms. The molecule has 2 N–H and O–H groups in total. The second-order valence-electron chi connectivity index (χ2n) is 4.93. The van der Waals surface area contributed by atoms with Gasteiger partial charge >= 0.3 is 5.97 Å². The van der Waals surface area contributed by atoms with E-state index in [1.165, 1.54) is 23.3 Å². The van der Waals surface area contributed by atoms with Gasteiger partial charge in [0.2, 0.25) is 0 Å². The average molecular weight is 255 g/mol. The predicted molar refractivity (Wildman–Crippen MR) is 72.7 cm³/mol. The molecule has 0 fully saturated rings. The summed E-state index contributed by atoms with van der Waals surface area (Å²) < 4.78 is 4.82. The van der Waals surface area contributed by atoms with Gasteiger partial charge in [-0.05, 0) is 23.8 Å². The number of rotatable bonds is 4. The van der Waals surface area contributed by atoms with E-state index in [2.05, 4.69) is 27.7 Å². The highest BCUT2D eigenvalue weighted by Gasteiger charge is 2.24. The van der Waals surface area contributed by atoms with Crippen molar-refractivity contribution in [3.8, 4) is 0 Å². The Balaban J connectivity index is 3.31. The third-order valence-electron chi connectivity index (χ3n) is 2.59. The topological polar surface area (TPSA) is 52.3 Å². The lowest BCUT2D eigenvalue weighted by atomic mass is 9.95. The summed E-state index contributed by atoms with van der Waals surface area (Å²) >= 11 is 1.51. The lowest BCUT2D eigenvalue weighted by Crippen LogP contribution is -2.09. The molecule has 96 valence electrons. The van der Waals surface area contributed by atoms with Crippen LogP contribution in [-0.4, -0.2) is 13.1 Å². The van der Waals surface area contributed by atoms with Crippen LogP contribution < -0.4 is 5.73 Å². The van der Waals surface area contributed by atoms with Gasteiger partial charge in [0.25, 0.3) is 0 Å². The first-order valence-corrected chi connectivity index (χ1v) is 6.69. The summed E-state index contributed by atoms with van der Waals surface area (Å²) in [5.74, 6) is 0.556. The fourth-order valence-corrected chi connectivity index (χ4v) is 3.00. The summed E-state index contributed by atoms with van der Waals surface area (Å²) in [6.07, 6.45) is 0.867. The molecule has 0 aliphatic rings. The summed E-state index contributed by atoms with van der Waals surface area (Å²) in [6, 6.07) is 0. The van der Waals surface area contributed by atoms with Gasteiger partial charge < -0.3 is 10.5 Å². The number of esters is 1. The lowest BCUT2D eigenvalue weighted by Gasteiger charge is -2.11. The van der Waals surface area contributed by atoms with E-state index < -0.39 is 0 Å². The Bertz CT molecular complexity index is 408. The quantitative estimate of drug-likeness (QED) is 0.838. The van der Waals surface area contributed by atoms with Gasteiger partial charge in [0, 0.05) is 4.88 Å². The maximum Gasteiger partial charge on any atom is 0.341 e. The van der Waals surface area contributed by atoms with E-state index in [9.17, 15) is 4.79 Å². The summed E-state index contributed by atoms with van der Waals surface area (Å²) in [7, 11) is 1.40. The van der Waals surface area contributed by atoms with Crippen molar-refractivity contribution in [3.05, 3.63) is 16.0 Å². The van der Waals surface area contributed by atoms with Gasteiger partial charge in [-0.3, -0.25) is 0 Å². The number of anilines is 1. The molecular weight excluding hydrogens is 234 g/mol. The van der Waals surface area contributed by atoms with E-state index in [0.717, 1.165) is 12.0 Å². The maximum absolute atomic E-state index is 11.8. The third kappa shape index (κ3) is 3.00. The molecule has 0 radical (unpaired) electrons. The molecule has 0 aromatic carbocycles. The zero-order valence-electron chi connectivity index (χ0n) is 11.2. The molecule has 0 saturated carbocycles. The average Bonchev–Trinajstić information content (AvgIpc) is 2.54. The van der Waals surface area contributed by atoms with Gasteiger partial charge in [0.15, 0.2) is 0 Å². The van der Waals surface area contributed by atoms with Crippen molar-refractivity contribution in [2.45, 2.75) is 40.0 Å². The summed E-state index contributed by atoms with van der Waals surface area (Å²) in [5.41, 5.74) is 7.60. The van der Waals surface area contributed by atoms with Crippen molar-refractivity contribution in [1.29, 1.82) is 0 Å². The first kappa shape index (κ1) is 14.0. The van der Waals surface area contributed by atoms with E-state index in [4.69, 9.17) is 10.5 Å². The molecule has 0 spiro atoms. The maximum atomic E-state index is 11.8. The van der Waals surface area contributed by atoms with Crippen LogP contribution in [0.25, 0.3) is 0 Å². The SMILES string of the molecule is COC(=O)c1c(N)sc(C(C)C)c1CC(C)C. The number of ether oxygens (including phenoxy) is 1. The van der Waals surface area contributed by atoms with Gasteiger partial charge in [-0.1, -0.05) is 27.7 Å². The first-order valence-electron chi connectivity index (χ1n) is 5.87. The zero-order chi connectivity index (χ0) is 13.2.